The first-order chi connectivity index (χ1) is 24.0. The molecule has 1 fully saturated rings. The van der Waals surface area contributed by atoms with Gasteiger partial charge in [-0.3, -0.25) is 19.2 Å². The molecule has 10 heteroatoms. The number of rotatable bonds is 9. The van der Waals surface area contributed by atoms with E-state index >= 15 is 0 Å². The maximum Gasteiger partial charge on any atom is 0.264 e. The van der Waals surface area contributed by atoms with Gasteiger partial charge in [0.2, 0.25) is 0 Å². The van der Waals surface area contributed by atoms with E-state index < -0.39 is 35.2 Å². The van der Waals surface area contributed by atoms with Gasteiger partial charge in [-0.1, -0.05) is 72.8 Å². The summed E-state index contributed by atoms with van der Waals surface area (Å²) < 4.78 is 8.64. The molecule has 0 bridgehead atoms. The molecule has 0 unspecified atom stereocenters. The maximum atomic E-state index is 14.7. The van der Waals surface area contributed by atoms with Gasteiger partial charge in [0.25, 0.3) is 11.8 Å². The van der Waals surface area contributed by atoms with Crippen molar-refractivity contribution in [2.75, 3.05) is 16.3 Å². The lowest BCUT2D eigenvalue weighted by molar-refractivity contribution is -0.146. The Balaban J connectivity index is 1.16. The summed E-state index contributed by atoms with van der Waals surface area (Å²) in [6.45, 7) is 10.0. The normalized spacial score (nSPS) is 23.3. The van der Waals surface area contributed by atoms with E-state index in [1.54, 1.807) is 40.6 Å². The van der Waals surface area contributed by atoms with Gasteiger partial charge in [0.05, 0.1) is 34.8 Å². The molecule has 254 valence electrons. The van der Waals surface area contributed by atoms with Gasteiger partial charge >= 0.3 is 0 Å². The number of carbonyl (C=O) groups is 2. The van der Waals surface area contributed by atoms with Gasteiger partial charge in [0, 0.05) is 41.6 Å². The van der Waals surface area contributed by atoms with Crippen LogP contribution >= 0.6 is 0 Å². The molecule has 10 nitrogen and oxygen atoms in total. The molecule has 5 atom stereocenters. The summed E-state index contributed by atoms with van der Waals surface area (Å²) in [6.07, 6.45) is 2.38. The molecule has 2 amide bonds. The number of nitrogens with zero attached hydrogens (tertiary/aromatic N) is 5. The molecule has 4 aromatic carbocycles. The highest BCUT2D eigenvalue weighted by atomic mass is 16.5. The number of aromatic nitrogens is 3. The van der Waals surface area contributed by atoms with Crippen LogP contribution in [-0.2, 0) is 21.7 Å². The van der Waals surface area contributed by atoms with Crippen LogP contribution in [0.5, 0.6) is 0 Å². The third-order valence-corrected chi connectivity index (χ3v) is 10.7. The average Bonchev–Trinajstić information content (AvgIpc) is 3.84. The number of aliphatic hydroxyl groups excluding tert-OH is 1. The minimum absolute atomic E-state index is 0.129. The Morgan fingerprint density at radius 3 is 2.52 bits per heavy atom. The molecule has 1 aromatic heterocycles. The average molecular weight is 670 g/mol. The van der Waals surface area contributed by atoms with Crippen molar-refractivity contribution in [3.8, 4) is 0 Å². The molecule has 0 radical (unpaired) electrons. The second-order valence-electron chi connectivity index (χ2n) is 14.1. The van der Waals surface area contributed by atoms with Crippen molar-refractivity contribution in [1.29, 1.82) is 0 Å². The van der Waals surface area contributed by atoms with Crippen molar-refractivity contribution in [3.63, 3.8) is 0 Å². The topological polar surface area (TPSA) is 121 Å². The fourth-order valence-electron chi connectivity index (χ4n) is 8.57. The molecule has 1 spiro atoms. The maximum absolute atomic E-state index is 14.7. The predicted octanol–water partition coefficient (Wildman–Crippen LogP) is 6.05. The van der Waals surface area contributed by atoms with Gasteiger partial charge < -0.3 is 19.8 Å². The van der Waals surface area contributed by atoms with Gasteiger partial charge in [-0.25, -0.2) is 0 Å². The summed E-state index contributed by atoms with van der Waals surface area (Å²) in [6, 6.07) is 26.6. The van der Waals surface area contributed by atoms with Crippen molar-refractivity contribution in [1.82, 2.24) is 15.0 Å². The van der Waals surface area contributed by atoms with E-state index in [-0.39, 0.29) is 18.4 Å². The van der Waals surface area contributed by atoms with Crippen LogP contribution in [0.25, 0.3) is 10.8 Å². The first-order valence-corrected chi connectivity index (χ1v) is 17.0. The van der Waals surface area contributed by atoms with Gasteiger partial charge in [0.1, 0.15) is 11.8 Å². The SMILES string of the molecule is C=CCN1C(=O)[C@@]2(O[C@@H](CCn3cc([C@H](O)c4ccccc4)nn3)[C@H](C(C)(C)O)[C@H]2C)c2cc(N3C(=O)c4cccc5cccc3c45)ccc21. The lowest BCUT2D eigenvalue weighted by Gasteiger charge is -2.34. The quantitative estimate of drug-likeness (QED) is 0.184. The Morgan fingerprint density at radius 1 is 1.02 bits per heavy atom. The lowest BCUT2D eigenvalue weighted by Crippen LogP contribution is -2.46. The number of carbonyl (C=O) groups excluding carboxylic acids is 2. The highest BCUT2D eigenvalue weighted by molar-refractivity contribution is 6.28. The summed E-state index contributed by atoms with van der Waals surface area (Å²) in [7, 11) is 0. The fourth-order valence-corrected chi connectivity index (χ4v) is 8.57. The molecule has 3 aliphatic heterocycles. The monoisotopic (exact) mass is 669 g/mol. The standard InChI is InChI=1S/C40H39N5O5/c1-5-20-44-31-18-17-27(45-32-16-10-14-25-13-9-15-28(34(25)32)37(45)47)22-29(31)40(38(44)48)24(2)35(39(3,4)49)33(50-40)19-21-43-23-30(41-42-43)36(46)26-11-7-6-8-12-26/h5-18,22-24,33,35-36,46,49H,1,19-21H2,2-4H3/t24-,33+,35-,36-,40+/m1/s1. The van der Waals surface area contributed by atoms with Crippen LogP contribution in [0.15, 0.2) is 104 Å². The zero-order valence-corrected chi connectivity index (χ0v) is 28.2. The van der Waals surface area contributed by atoms with Gasteiger partial charge in [-0.2, -0.15) is 0 Å². The summed E-state index contributed by atoms with van der Waals surface area (Å²) in [5.41, 5.74) is 1.95. The summed E-state index contributed by atoms with van der Waals surface area (Å²) >= 11 is 0. The van der Waals surface area contributed by atoms with Crippen LogP contribution < -0.4 is 9.80 Å². The summed E-state index contributed by atoms with van der Waals surface area (Å²) in [5, 5.41) is 32.8. The van der Waals surface area contributed by atoms with E-state index in [0.717, 1.165) is 22.0 Å². The van der Waals surface area contributed by atoms with Crippen LogP contribution in [0.2, 0.25) is 0 Å². The number of hydrogen-bond donors (Lipinski definition) is 2. The van der Waals surface area contributed by atoms with Crippen molar-refractivity contribution in [3.05, 3.63) is 126 Å². The molecule has 8 rings (SSSR count). The molecule has 0 saturated carbocycles. The van der Waals surface area contributed by atoms with Gasteiger partial charge in [0.15, 0.2) is 5.60 Å². The summed E-state index contributed by atoms with van der Waals surface area (Å²) in [5.74, 6) is -1.22. The van der Waals surface area contributed by atoms with Crippen LogP contribution in [0, 0.1) is 11.8 Å². The lowest BCUT2D eigenvalue weighted by atomic mass is 9.70. The third kappa shape index (κ3) is 4.74. The van der Waals surface area contributed by atoms with E-state index in [4.69, 9.17) is 4.74 Å². The highest BCUT2D eigenvalue weighted by Gasteiger charge is 2.65. The van der Waals surface area contributed by atoms with E-state index in [0.29, 0.717) is 41.2 Å². The van der Waals surface area contributed by atoms with Crippen molar-refractivity contribution in [2.24, 2.45) is 11.8 Å². The number of amides is 2. The third-order valence-electron chi connectivity index (χ3n) is 10.7. The molecule has 4 heterocycles. The second kappa shape index (κ2) is 11.7. The van der Waals surface area contributed by atoms with Crippen molar-refractivity contribution in [2.45, 2.75) is 57.1 Å². The molecule has 0 aliphatic carbocycles. The Kier molecular flexibility index (Phi) is 7.52. The number of ether oxygens (including phenoxy) is 1. The fraction of sp³-hybridized carbons (Fsp3) is 0.300. The molecule has 1 saturated heterocycles. The molecule has 2 N–H and O–H groups in total. The predicted molar refractivity (Wildman–Crippen MR) is 190 cm³/mol. The second-order valence-corrected chi connectivity index (χ2v) is 14.1. The smallest absolute Gasteiger partial charge is 0.264 e. The number of aliphatic hydroxyl groups is 2. The Morgan fingerprint density at radius 2 is 1.78 bits per heavy atom. The van der Waals surface area contributed by atoms with Crippen LogP contribution in [0.4, 0.5) is 17.1 Å². The Hall–Kier alpha value is -5.16. The van der Waals surface area contributed by atoms with E-state index in [2.05, 4.69) is 16.9 Å². The minimum Gasteiger partial charge on any atom is -0.390 e. The summed E-state index contributed by atoms with van der Waals surface area (Å²) in [4.78, 5) is 32.0. The zero-order chi connectivity index (χ0) is 34.9. The van der Waals surface area contributed by atoms with Gasteiger partial charge in [-0.05, 0) is 61.5 Å². The number of benzene rings is 4. The van der Waals surface area contributed by atoms with Crippen LogP contribution in [0.1, 0.15) is 60.5 Å². The van der Waals surface area contributed by atoms with Crippen LogP contribution in [-0.4, -0.2) is 55.3 Å². The Labute approximate surface area is 290 Å². The molecular formula is C40H39N5O5. The number of anilines is 3. The van der Waals surface area contributed by atoms with E-state index in [9.17, 15) is 19.8 Å². The van der Waals surface area contributed by atoms with E-state index in [1.165, 1.54) is 0 Å². The largest absolute Gasteiger partial charge is 0.390 e. The highest BCUT2D eigenvalue weighted by Crippen LogP contribution is 2.58. The number of hydrogen-bond acceptors (Lipinski definition) is 7. The zero-order valence-electron chi connectivity index (χ0n) is 28.2. The first kappa shape index (κ1) is 32.1. The first-order valence-electron chi connectivity index (χ1n) is 17.0. The van der Waals surface area contributed by atoms with Crippen molar-refractivity contribution < 1.29 is 24.5 Å². The molecule has 5 aromatic rings. The van der Waals surface area contributed by atoms with E-state index in [1.807, 2.05) is 91.9 Å². The molecule has 3 aliphatic rings. The Bertz CT molecular complexity index is 2150. The number of fused-ring (bicyclic) bond motifs is 2. The number of aryl methyl sites for hydroxylation is 1. The molecular weight excluding hydrogens is 630 g/mol. The van der Waals surface area contributed by atoms with Crippen LogP contribution in [0.3, 0.4) is 0 Å². The van der Waals surface area contributed by atoms with Gasteiger partial charge in [-0.15, -0.1) is 11.7 Å². The minimum atomic E-state index is -1.41. The molecule has 50 heavy (non-hydrogen) atoms. The van der Waals surface area contributed by atoms with Crippen molar-refractivity contribution >= 4 is 39.6 Å².